The van der Waals surface area contributed by atoms with Gasteiger partial charge in [0.25, 0.3) is 0 Å². The quantitative estimate of drug-likeness (QED) is 0.655. The van der Waals surface area contributed by atoms with Gasteiger partial charge in [-0.05, 0) is 18.1 Å². The van der Waals surface area contributed by atoms with Crippen LogP contribution in [0.15, 0.2) is 24.5 Å². The van der Waals surface area contributed by atoms with Gasteiger partial charge in [-0.15, -0.1) is 0 Å². The number of aldehydes is 1. The Morgan fingerprint density at radius 1 is 1.67 bits per heavy atom. The molecule has 0 saturated carbocycles. The van der Waals surface area contributed by atoms with Crippen LogP contribution in [0, 0.1) is 5.92 Å². The lowest BCUT2D eigenvalue weighted by Crippen LogP contribution is -2.17. The fourth-order valence-corrected chi connectivity index (χ4v) is 1.01. The Morgan fingerprint density at radius 2 is 2.50 bits per heavy atom. The fourth-order valence-electron chi connectivity index (χ4n) is 1.01. The first-order valence-electron chi connectivity index (χ1n) is 3.91. The zero-order valence-corrected chi connectivity index (χ0v) is 6.81. The Balaban J connectivity index is 2.56. The maximum absolute atomic E-state index is 10.4. The Kier molecular flexibility index (Phi) is 3.41. The topological polar surface area (TPSA) is 56.0 Å². The summed E-state index contributed by atoms with van der Waals surface area (Å²) < 4.78 is 0. The van der Waals surface area contributed by atoms with Crippen molar-refractivity contribution in [2.45, 2.75) is 6.42 Å². The average Bonchev–Trinajstić information content (AvgIpc) is 2.16. The van der Waals surface area contributed by atoms with Crippen LogP contribution in [-0.4, -0.2) is 17.8 Å². The normalized spacial score (nSPS) is 12.4. The largest absolute Gasteiger partial charge is 0.330 e. The molecule has 1 unspecified atom stereocenters. The lowest BCUT2D eigenvalue weighted by molar-refractivity contribution is -0.110. The van der Waals surface area contributed by atoms with Crippen molar-refractivity contribution in [3.8, 4) is 0 Å². The van der Waals surface area contributed by atoms with Crippen molar-refractivity contribution in [3.63, 3.8) is 0 Å². The van der Waals surface area contributed by atoms with Crippen LogP contribution in [0.2, 0.25) is 0 Å². The summed E-state index contributed by atoms with van der Waals surface area (Å²) >= 11 is 0. The number of carbonyl (C=O) groups is 1. The highest BCUT2D eigenvalue weighted by atomic mass is 16.1. The number of rotatable bonds is 4. The predicted molar refractivity (Wildman–Crippen MR) is 46.5 cm³/mol. The monoisotopic (exact) mass is 164 g/mol. The van der Waals surface area contributed by atoms with E-state index in [-0.39, 0.29) is 5.92 Å². The molecule has 64 valence electrons. The number of aromatic nitrogens is 1. The molecule has 0 aliphatic rings. The molecule has 3 heteroatoms. The minimum absolute atomic E-state index is 0.0748. The van der Waals surface area contributed by atoms with Gasteiger partial charge in [0.2, 0.25) is 0 Å². The number of hydrogen-bond donors (Lipinski definition) is 1. The van der Waals surface area contributed by atoms with Crippen LogP contribution >= 0.6 is 0 Å². The van der Waals surface area contributed by atoms with Crippen molar-refractivity contribution in [2.24, 2.45) is 11.7 Å². The van der Waals surface area contributed by atoms with Gasteiger partial charge in [0.05, 0.1) is 0 Å². The molecule has 0 aliphatic carbocycles. The van der Waals surface area contributed by atoms with Gasteiger partial charge in [-0.25, -0.2) is 0 Å². The number of carbonyl (C=O) groups excluding carboxylic acids is 1. The van der Waals surface area contributed by atoms with Gasteiger partial charge >= 0.3 is 0 Å². The van der Waals surface area contributed by atoms with Crippen molar-refractivity contribution in [1.29, 1.82) is 0 Å². The summed E-state index contributed by atoms with van der Waals surface area (Å²) in [5, 5.41) is 0. The van der Waals surface area contributed by atoms with Gasteiger partial charge in [0.15, 0.2) is 0 Å². The predicted octanol–water partition coefficient (Wildman–Crippen LogP) is 0.398. The van der Waals surface area contributed by atoms with E-state index in [0.717, 1.165) is 11.8 Å². The molecule has 0 radical (unpaired) electrons. The molecule has 0 spiro atoms. The summed E-state index contributed by atoms with van der Waals surface area (Å²) in [6, 6.07) is 3.80. The molecule has 1 rings (SSSR count). The molecule has 0 bridgehead atoms. The Bertz CT molecular complexity index is 236. The molecule has 1 heterocycles. The van der Waals surface area contributed by atoms with Crippen LogP contribution in [0.25, 0.3) is 0 Å². The molecule has 1 aromatic rings. The van der Waals surface area contributed by atoms with Crippen LogP contribution in [0.3, 0.4) is 0 Å². The van der Waals surface area contributed by atoms with Gasteiger partial charge in [-0.2, -0.15) is 0 Å². The molecule has 3 nitrogen and oxygen atoms in total. The Morgan fingerprint density at radius 3 is 3.00 bits per heavy atom. The number of nitrogens with zero attached hydrogens (tertiary/aromatic N) is 1. The summed E-state index contributed by atoms with van der Waals surface area (Å²) in [4.78, 5) is 14.4. The summed E-state index contributed by atoms with van der Waals surface area (Å²) in [6.45, 7) is 0.401. The lowest BCUT2D eigenvalue weighted by Gasteiger charge is -2.05. The summed E-state index contributed by atoms with van der Waals surface area (Å²) in [6.07, 6.45) is 5.05. The summed E-state index contributed by atoms with van der Waals surface area (Å²) in [7, 11) is 0. The van der Waals surface area contributed by atoms with Crippen LogP contribution in [0.1, 0.15) is 5.56 Å². The molecule has 0 saturated heterocycles. The smallest absolute Gasteiger partial charge is 0.124 e. The standard InChI is InChI=1S/C9H12N2O/c10-5-9(7-12)4-8-2-1-3-11-6-8/h1-3,6-7,9H,4-5,10H2. The maximum Gasteiger partial charge on any atom is 0.124 e. The SMILES string of the molecule is NCC(C=O)Cc1cccnc1. The molecule has 1 atom stereocenters. The fraction of sp³-hybridized carbons (Fsp3) is 0.333. The van der Waals surface area contributed by atoms with Crippen LogP contribution in [0.5, 0.6) is 0 Å². The van der Waals surface area contributed by atoms with Gasteiger partial charge in [-0.1, -0.05) is 6.07 Å². The molecule has 0 aromatic carbocycles. The molecule has 0 aliphatic heterocycles. The molecule has 0 fully saturated rings. The molecule has 1 aromatic heterocycles. The van der Waals surface area contributed by atoms with Gasteiger partial charge in [0.1, 0.15) is 6.29 Å². The zero-order valence-electron chi connectivity index (χ0n) is 6.81. The van der Waals surface area contributed by atoms with Crippen LogP contribution < -0.4 is 5.73 Å². The third kappa shape index (κ3) is 2.43. The first-order valence-corrected chi connectivity index (χ1v) is 3.91. The van der Waals surface area contributed by atoms with E-state index >= 15 is 0 Å². The second-order valence-electron chi connectivity index (χ2n) is 2.70. The highest BCUT2D eigenvalue weighted by Crippen LogP contribution is 2.03. The van der Waals surface area contributed by atoms with E-state index in [4.69, 9.17) is 5.73 Å². The lowest BCUT2D eigenvalue weighted by atomic mass is 10.0. The Hall–Kier alpha value is -1.22. The third-order valence-corrected chi connectivity index (χ3v) is 1.72. The molecular weight excluding hydrogens is 152 g/mol. The van der Waals surface area contributed by atoms with Crippen molar-refractivity contribution in [2.75, 3.05) is 6.54 Å². The average molecular weight is 164 g/mol. The molecule has 0 amide bonds. The first-order chi connectivity index (χ1) is 5.86. The molecule has 2 N–H and O–H groups in total. The second kappa shape index (κ2) is 4.62. The second-order valence-corrected chi connectivity index (χ2v) is 2.70. The van der Waals surface area contributed by atoms with E-state index in [1.54, 1.807) is 12.4 Å². The maximum atomic E-state index is 10.4. The van der Waals surface area contributed by atoms with E-state index in [9.17, 15) is 4.79 Å². The van der Waals surface area contributed by atoms with E-state index < -0.39 is 0 Å². The van der Waals surface area contributed by atoms with E-state index in [1.165, 1.54) is 0 Å². The Labute approximate surface area is 71.6 Å². The van der Waals surface area contributed by atoms with Crippen molar-refractivity contribution in [3.05, 3.63) is 30.1 Å². The number of nitrogens with two attached hydrogens (primary N) is 1. The van der Waals surface area contributed by atoms with Gasteiger partial charge in [-0.3, -0.25) is 4.98 Å². The molecular formula is C9H12N2O. The molecule has 12 heavy (non-hydrogen) atoms. The number of hydrogen-bond acceptors (Lipinski definition) is 3. The highest BCUT2D eigenvalue weighted by molar-refractivity contribution is 5.54. The van der Waals surface area contributed by atoms with E-state index in [0.29, 0.717) is 13.0 Å². The van der Waals surface area contributed by atoms with Gasteiger partial charge < -0.3 is 10.5 Å². The van der Waals surface area contributed by atoms with Gasteiger partial charge in [0, 0.05) is 24.9 Å². The highest BCUT2D eigenvalue weighted by Gasteiger charge is 2.04. The minimum atomic E-state index is -0.0748. The van der Waals surface area contributed by atoms with E-state index in [1.807, 2.05) is 12.1 Å². The minimum Gasteiger partial charge on any atom is -0.330 e. The zero-order chi connectivity index (χ0) is 8.81. The van der Waals surface area contributed by atoms with Crippen molar-refractivity contribution < 1.29 is 4.79 Å². The van der Waals surface area contributed by atoms with Crippen LogP contribution in [0.4, 0.5) is 0 Å². The summed E-state index contributed by atoms with van der Waals surface area (Å²) in [5.74, 6) is -0.0748. The first kappa shape index (κ1) is 8.87. The third-order valence-electron chi connectivity index (χ3n) is 1.72. The number of pyridine rings is 1. The van der Waals surface area contributed by atoms with E-state index in [2.05, 4.69) is 4.98 Å². The van der Waals surface area contributed by atoms with Crippen molar-refractivity contribution >= 4 is 6.29 Å². The van der Waals surface area contributed by atoms with Crippen LogP contribution in [-0.2, 0) is 11.2 Å². The van der Waals surface area contributed by atoms with Crippen molar-refractivity contribution in [1.82, 2.24) is 4.98 Å². The summed E-state index contributed by atoms with van der Waals surface area (Å²) in [5.41, 5.74) is 6.44.